The van der Waals surface area contributed by atoms with Crippen LogP contribution in [0.4, 0.5) is 5.69 Å². The van der Waals surface area contributed by atoms with Crippen molar-refractivity contribution in [2.24, 2.45) is 0 Å². The summed E-state index contributed by atoms with van der Waals surface area (Å²) in [5.41, 5.74) is 4.29. The number of anilines is 1. The van der Waals surface area contributed by atoms with Gasteiger partial charge in [0.25, 0.3) is 0 Å². The first-order valence-electron chi connectivity index (χ1n) is 8.28. The molecule has 2 aliphatic rings. The maximum atomic E-state index is 12.8. The highest BCUT2D eigenvalue weighted by Crippen LogP contribution is 2.31. The van der Waals surface area contributed by atoms with Crippen molar-refractivity contribution in [2.75, 3.05) is 17.6 Å². The molecule has 1 amide bonds. The summed E-state index contributed by atoms with van der Waals surface area (Å²) in [6.45, 7) is 6.96. The summed E-state index contributed by atoms with van der Waals surface area (Å²) >= 11 is 1.32. The molecule has 0 aliphatic carbocycles. The Labute approximate surface area is 142 Å². The molecule has 2 atom stereocenters. The van der Waals surface area contributed by atoms with Crippen molar-refractivity contribution in [3.05, 3.63) is 28.8 Å². The molecule has 0 radical (unpaired) electrons. The van der Waals surface area contributed by atoms with Crippen LogP contribution in [0.3, 0.4) is 0 Å². The van der Waals surface area contributed by atoms with Gasteiger partial charge in [-0.25, -0.2) is 0 Å². The van der Waals surface area contributed by atoms with Gasteiger partial charge in [0.05, 0.1) is 12.1 Å². The van der Waals surface area contributed by atoms with Crippen molar-refractivity contribution in [1.82, 2.24) is 4.90 Å². The van der Waals surface area contributed by atoms with Crippen molar-refractivity contribution < 1.29 is 9.59 Å². The number of amides is 1. The van der Waals surface area contributed by atoms with Gasteiger partial charge >= 0.3 is 0 Å². The summed E-state index contributed by atoms with van der Waals surface area (Å²) in [7, 11) is 0. The Balaban J connectivity index is 1.79. The zero-order valence-electron chi connectivity index (χ0n) is 14.0. The molecule has 124 valence electrons. The third-order valence-corrected chi connectivity index (χ3v) is 5.87. The van der Waals surface area contributed by atoms with Gasteiger partial charge in [0.2, 0.25) is 11.0 Å². The fraction of sp³-hybridized carbons (Fsp3) is 0.556. The highest BCUT2D eigenvalue weighted by Gasteiger charge is 2.41. The molecule has 1 aromatic rings. The zero-order chi connectivity index (χ0) is 16.6. The molecule has 23 heavy (non-hydrogen) atoms. The smallest absolute Gasteiger partial charge is 0.242 e. The zero-order valence-corrected chi connectivity index (χ0v) is 14.8. The Bertz CT molecular complexity index is 621. The monoisotopic (exact) mass is 332 g/mol. The SMILES string of the molecule is Cc1cc(C)c(NC(=O)C2CSC(=O)C3CCCCN23)c(C)c1. The van der Waals surface area contributed by atoms with E-state index in [0.717, 1.165) is 42.6 Å². The van der Waals surface area contributed by atoms with Gasteiger partial charge in [-0.15, -0.1) is 0 Å². The molecule has 0 aromatic heterocycles. The summed E-state index contributed by atoms with van der Waals surface area (Å²) in [4.78, 5) is 27.1. The van der Waals surface area contributed by atoms with Gasteiger partial charge < -0.3 is 5.32 Å². The minimum atomic E-state index is -0.205. The Hall–Kier alpha value is -1.33. The Kier molecular flexibility index (Phi) is 4.78. The van der Waals surface area contributed by atoms with E-state index in [1.165, 1.54) is 17.3 Å². The molecule has 1 aromatic carbocycles. The van der Waals surface area contributed by atoms with Crippen LogP contribution in [0.15, 0.2) is 12.1 Å². The van der Waals surface area contributed by atoms with E-state index in [-0.39, 0.29) is 23.1 Å². The topological polar surface area (TPSA) is 49.4 Å². The number of nitrogens with zero attached hydrogens (tertiary/aromatic N) is 1. The third kappa shape index (κ3) is 3.31. The number of nitrogens with one attached hydrogen (secondary N) is 1. The molecule has 4 nitrogen and oxygen atoms in total. The van der Waals surface area contributed by atoms with Crippen LogP contribution < -0.4 is 5.32 Å². The predicted octanol–water partition coefficient (Wildman–Crippen LogP) is 3.05. The van der Waals surface area contributed by atoms with Crippen LogP contribution in [0.5, 0.6) is 0 Å². The third-order valence-electron chi connectivity index (χ3n) is 4.83. The molecule has 3 rings (SSSR count). The number of piperidine rings is 1. The Morgan fingerprint density at radius 3 is 2.61 bits per heavy atom. The van der Waals surface area contributed by atoms with E-state index in [1.807, 2.05) is 13.8 Å². The number of rotatable bonds is 2. The highest BCUT2D eigenvalue weighted by atomic mass is 32.2. The van der Waals surface area contributed by atoms with Crippen molar-refractivity contribution in [2.45, 2.75) is 52.1 Å². The number of aryl methyl sites for hydroxylation is 3. The number of hydrogen-bond acceptors (Lipinski definition) is 4. The fourth-order valence-electron chi connectivity index (χ4n) is 3.74. The van der Waals surface area contributed by atoms with Gasteiger partial charge in [0.15, 0.2) is 0 Å². The molecule has 2 fully saturated rings. The van der Waals surface area contributed by atoms with E-state index in [9.17, 15) is 9.59 Å². The maximum absolute atomic E-state index is 12.8. The molecular formula is C18H24N2O2S. The van der Waals surface area contributed by atoms with Gasteiger partial charge in [-0.05, 0) is 51.3 Å². The highest BCUT2D eigenvalue weighted by molar-refractivity contribution is 8.13. The van der Waals surface area contributed by atoms with E-state index in [1.54, 1.807) is 0 Å². The number of carbonyl (C=O) groups excluding carboxylic acids is 2. The number of carbonyl (C=O) groups is 2. The second-order valence-corrected chi connectivity index (χ2v) is 7.68. The van der Waals surface area contributed by atoms with Crippen LogP contribution >= 0.6 is 11.8 Å². The van der Waals surface area contributed by atoms with Gasteiger partial charge in [-0.3, -0.25) is 14.5 Å². The van der Waals surface area contributed by atoms with Crippen LogP contribution in [0.25, 0.3) is 0 Å². The average Bonchev–Trinajstić information content (AvgIpc) is 2.51. The quantitative estimate of drug-likeness (QED) is 0.904. The fourth-order valence-corrected chi connectivity index (χ4v) is 4.85. The first-order valence-corrected chi connectivity index (χ1v) is 9.27. The molecule has 5 heteroatoms. The average molecular weight is 332 g/mol. The number of thioether (sulfide) groups is 1. The maximum Gasteiger partial charge on any atom is 0.242 e. The van der Waals surface area contributed by atoms with Crippen LogP contribution in [-0.4, -0.2) is 40.3 Å². The minimum Gasteiger partial charge on any atom is -0.324 e. The molecule has 0 saturated carbocycles. The number of hydrogen-bond donors (Lipinski definition) is 1. The minimum absolute atomic E-state index is 0.0203. The van der Waals surface area contributed by atoms with Crippen LogP contribution in [0.2, 0.25) is 0 Å². The lowest BCUT2D eigenvalue weighted by Crippen LogP contribution is -2.58. The molecule has 0 spiro atoms. The van der Waals surface area contributed by atoms with Crippen molar-refractivity contribution in [3.8, 4) is 0 Å². The Morgan fingerprint density at radius 2 is 1.91 bits per heavy atom. The molecule has 1 N–H and O–H groups in total. The predicted molar refractivity (Wildman–Crippen MR) is 94.9 cm³/mol. The lowest BCUT2D eigenvalue weighted by molar-refractivity contribution is -0.126. The van der Waals surface area contributed by atoms with Crippen molar-refractivity contribution in [3.63, 3.8) is 0 Å². The van der Waals surface area contributed by atoms with Crippen molar-refractivity contribution >= 4 is 28.5 Å². The molecule has 0 bridgehead atoms. The normalized spacial score (nSPS) is 25.1. The van der Waals surface area contributed by atoms with E-state index in [4.69, 9.17) is 0 Å². The first-order chi connectivity index (χ1) is 11.0. The second kappa shape index (κ2) is 6.65. The Morgan fingerprint density at radius 1 is 1.22 bits per heavy atom. The van der Waals surface area contributed by atoms with E-state index in [2.05, 4.69) is 29.3 Å². The second-order valence-electron chi connectivity index (χ2n) is 6.66. The van der Waals surface area contributed by atoms with Crippen LogP contribution in [-0.2, 0) is 9.59 Å². The van der Waals surface area contributed by atoms with E-state index < -0.39 is 0 Å². The summed E-state index contributed by atoms with van der Waals surface area (Å²) in [6.07, 6.45) is 3.04. The van der Waals surface area contributed by atoms with Crippen LogP contribution in [0.1, 0.15) is 36.0 Å². The molecule has 2 unspecified atom stereocenters. The summed E-state index contributed by atoms with van der Waals surface area (Å²) in [5.74, 6) is 0.581. The summed E-state index contributed by atoms with van der Waals surface area (Å²) < 4.78 is 0. The molecule has 2 heterocycles. The van der Waals surface area contributed by atoms with Crippen molar-refractivity contribution in [1.29, 1.82) is 0 Å². The van der Waals surface area contributed by atoms with Gasteiger partial charge in [0, 0.05) is 11.4 Å². The lowest BCUT2D eigenvalue weighted by Gasteiger charge is -2.42. The standard InChI is InChI=1S/C18H24N2O2S/c1-11-8-12(2)16(13(3)9-11)19-17(21)15-10-23-18(22)14-6-4-5-7-20(14)15/h8-9,14-15H,4-7,10H2,1-3H3,(H,19,21). The van der Waals surface area contributed by atoms with Crippen LogP contribution in [0, 0.1) is 20.8 Å². The first kappa shape index (κ1) is 16.5. The lowest BCUT2D eigenvalue weighted by atomic mass is 10.00. The summed E-state index contributed by atoms with van der Waals surface area (Å²) in [6, 6.07) is 3.90. The molecular weight excluding hydrogens is 308 g/mol. The largest absolute Gasteiger partial charge is 0.324 e. The van der Waals surface area contributed by atoms with E-state index >= 15 is 0 Å². The molecule has 2 aliphatic heterocycles. The van der Waals surface area contributed by atoms with Gasteiger partial charge in [-0.1, -0.05) is 35.9 Å². The number of benzene rings is 1. The van der Waals surface area contributed by atoms with Gasteiger partial charge in [0.1, 0.15) is 0 Å². The van der Waals surface area contributed by atoms with E-state index in [0.29, 0.717) is 5.75 Å². The number of fused-ring (bicyclic) bond motifs is 1. The molecule has 2 saturated heterocycles. The summed E-state index contributed by atoms with van der Waals surface area (Å²) in [5, 5.41) is 3.35. The van der Waals surface area contributed by atoms with Gasteiger partial charge in [-0.2, -0.15) is 0 Å².